The number of hydrogen-bond acceptors (Lipinski definition) is 5. The molecule has 0 radical (unpaired) electrons. The number of carbonyl (C=O) groups is 1. The highest BCUT2D eigenvalue weighted by Crippen LogP contribution is 2.37. The first-order valence-electron chi connectivity index (χ1n) is 8.67. The van der Waals surface area contributed by atoms with E-state index in [-0.39, 0.29) is 12.3 Å². The molecule has 1 amide bonds. The Kier molecular flexibility index (Phi) is 5.44. The van der Waals surface area contributed by atoms with Crippen LogP contribution in [0.2, 0.25) is 0 Å². The topological polar surface area (TPSA) is 80.9 Å². The predicted molar refractivity (Wildman–Crippen MR) is 109 cm³/mol. The van der Waals surface area contributed by atoms with Gasteiger partial charge in [0.05, 0.1) is 17.7 Å². The van der Waals surface area contributed by atoms with Crippen LogP contribution >= 0.6 is 15.9 Å². The molecule has 4 aromatic rings. The molecule has 2 heterocycles. The van der Waals surface area contributed by atoms with Crippen LogP contribution in [0.3, 0.4) is 0 Å². The van der Waals surface area contributed by atoms with Crippen LogP contribution in [0.25, 0.3) is 22.5 Å². The van der Waals surface area contributed by atoms with Crippen molar-refractivity contribution in [2.24, 2.45) is 0 Å². The van der Waals surface area contributed by atoms with Crippen molar-refractivity contribution in [3.05, 3.63) is 83.0 Å². The van der Waals surface area contributed by atoms with Gasteiger partial charge in [0, 0.05) is 16.2 Å². The minimum Gasteiger partial charge on any atom is -0.337 e. The van der Waals surface area contributed by atoms with E-state index in [1.54, 1.807) is 30.5 Å². The average molecular weight is 453 g/mol. The third-order valence-electron chi connectivity index (χ3n) is 4.19. The van der Waals surface area contributed by atoms with Crippen molar-refractivity contribution in [2.75, 3.05) is 5.32 Å². The molecule has 2 aromatic carbocycles. The van der Waals surface area contributed by atoms with Crippen molar-refractivity contribution in [2.45, 2.75) is 6.42 Å². The van der Waals surface area contributed by atoms with E-state index in [1.807, 2.05) is 24.3 Å². The van der Waals surface area contributed by atoms with E-state index < -0.39 is 11.7 Å². The van der Waals surface area contributed by atoms with Crippen molar-refractivity contribution in [1.29, 1.82) is 0 Å². The van der Waals surface area contributed by atoms with Crippen molar-refractivity contribution >= 4 is 27.7 Å². The summed E-state index contributed by atoms with van der Waals surface area (Å²) in [6.45, 7) is 0. The Morgan fingerprint density at radius 3 is 2.76 bits per heavy atom. The van der Waals surface area contributed by atoms with Crippen LogP contribution in [-0.4, -0.2) is 21.0 Å². The summed E-state index contributed by atoms with van der Waals surface area (Å²) >= 11 is 3.44. The van der Waals surface area contributed by atoms with Gasteiger partial charge < -0.3 is 4.52 Å². The third-order valence-corrected chi connectivity index (χ3v) is 4.68. The molecule has 1 N–H and O–H groups in total. The van der Waals surface area contributed by atoms with Crippen molar-refractivity contribution in [3.8, 4) is 22.5 Å². The van der Waals surface area contributed by atoms with Crippen molar-refractivity contribution in [1.82, 2.24) is 15.1 Å². The molecule has 0 aliphatic rings. The van der Waals surface area contributed by atoms with Gasteiger partial charge in [-0.2, -0.15) is 0 Å². The third kappa shape index (κ3) is 4.22. The Labute approximate surface area is 173 Å². The molecule has 2 aromatic heterocycles. The van der Waals surface area contributed by atoms with Crippen molar-refractivity contribution in [3.63, 3.8) is 0 Å². The molecule has 0 unspecified atom stereocenters. The SMILES string of the molecule is O=C(Cc1ccccc1F)Nc1onc(-c2cccc(Br)c2)c1-c1ccncn1. The van der Waals surface area contributed by atoms with E-state index in [2.05, 4.69) is 36.4 Å². The zero-order chi connectivity index (χ0) is 20.2. The number of nitrogens with one attached hydrogen (secondary N) is 1. The normalized spacial score (nSPS) is 10.7. The van der Waals surface area contributed by atoms with E-state index >= 15 is 0 Å². The first kappa shape index (κ1) is 18.9. The maximum atomic E-state index is 13.9. The highest BCUT2D eigenvalue weighted by molar-refractivity contribution is 9.10. The monoisotopic (exact) mass is 452 g/mol. The van der Waals surface area contributed by atoms with Gasteiger partial charge in [0.1, 0.15) is 17.8 Å². The Balaban J connectivity index is 1.70. The van der Waals surface area contributed by atoms with Crippen LogP contribution in [0.1, 0.15) is 5.56 Å². The smallest absolute Gasteiger partial charge is 0.241 e. The second kappa shape index (κ2) is 8.32. The number of rotatable bonds is 5. The maximum absolute atomic E-state index is 13.9. The number of amides is 1. The van der Waals surface area contributed by atoms with E-state index in [0.717, 1.165) is 10.0 Å². The standard InChI is InChI=1S/C21H14BrFN4O2/c22-15-6-3-5-14(10-15)20-19(17-8-9-24-12-25-17)21(29-27-20)26-18(28)11-13-4-1-2-7-16(13)23/h1-10,12H,11H2,(H,26,28). The van der Waals surface area contributed by atoms with Crippen LogP contribution in [0.15, 0.2) is 76.1 Å². The number of aromatic nitrogens is 3. The number of carbonyl (C=O) groups excluding carboxylic acids is 1. The van der Waals surface area contributed by atoms with Crippen LogP contribution < -0.4 is 5.32 Å². The molecule has 0 spiro atoms. The highest BCUT2D eigenvalue weighted by Gasteiger charge is 2.22. The molecule has 0 saturated carbocycles. The number of anilines is 1. The van der Waals surface area contributed by atoms with Gasteiger partial charge in [-0.05, 0) is 29.8 Å². The second-order valence-corrected chi connectivity index (χ2v) is 7.07. The molecule has 0 bridgehead atoms. The molecule has 4 rings (SSSR count). The molecule has 29 heavy (non-hydrogen) atoms. The molecule has 0 aliphatic carbocycles. The van der Waals surface area contributed by atoms with Crippen molar-refractivity contribution < 1.29 is 13.7 Å². The van der Waals surface area contributed by atoms with Gasteiger partial charge >= 0.3 is 0 Å². The lowest BCUT2D eigenvalue weighted by molar-refractivity contribution is -0.115. The molecule has 0 fully saturated rings. The van der Waals surface area contributed by atoms with E-state index in [4.69, 9.17) is 4.52 Å². The molecule has 8 heteroatoms. The van der Waals surface area contributed by atoms with Gasteiger partial charge in [0.15, 0.2) is 0 Å². The summed E-state index contributed by atoms with van der Waals surface area (Å²) in [5.74, 6) is -0.728. The Hall–Kier alpha value is -3.39. The molecule has 144 valence electrons. The lowest BCUT2D eigenvalue weighted by atomic mass is 10.0. The van der Waals surface area contributed by atoms with Crippen LogP contribution in [0.4, 0.5) is 10.3 Å². The summed E-state index contributed by atoms with van der Waals surface area (Å²) in [7, 11) is 0. The summed E-state index contributed by atoms with van der Waals surface area (Å²) in [4.78, 5) is 20.7. The largest absolute Gasteiger partial charge is 0.337 e. The molecule has 0 saturated heterocycles. The Bertz CT molecular complexity index is 1160. The van der Waals surface area contributed by atoms with Gasteiger partial charge in [0.2, 0.25) is 11.8 Å². The second-order valence-electron chi connectivity index (χ2n) is 6.16. The van der Waals surface area contributed by atoms with Gasteiger partial charge in [-0.25, -0.2) is 14.4 Å². The fraction of sp³-hybridized carbons (Fsp3) is 0.0476. The molecule has 0 atom stereocenters. The lowest BCUT2D eigenvalue weighted by Gasteiger charge is -2.06. The van der Waals surface area contributed by atoms with Crippen LogP contribution in [-0.2, 0) is 11.2 Å². The van der Waals surface area contributed by atoms with Gasteiger partial charge in [-0.1, -0.05) is 51.4 Å². The first-order valence-corrected chi connectivity index (χ1v) is 9.46. The summed E-state index contributed by atoms with van der Waals surface area (Å²) in [6, 6.07) is 15.3. The molecule has 6 nitrogen and oxygen atoms in total. The fourth-order valence-electron chi connectivity index (χ4n) is 2.87. The lowest BCUT2D eigenvalue weighted by Crippen LogP contribution is -2.15. The fourth-order valence-corrected chi connectivity index (χ4v) is 3.27. The number of halogens is 2. The predicted octanol–water partition coefficient (Wildman–Crippen LogP) is 4.88. The minimum absolute atomic E-state index is 0.136. The maximum Gasteiger partial charge on any atom is 0.241 e. The molecule has 0 aliphatic heterocycles. The summed E-state index contributed by atoms with van der Waals surface area (Å²) in [5.41, 5.74) is 2.66. The summed E-state index contributed by atoms with van der Waals surface area (Å²) in [5, 5.41) is 6.82. The van der Waals surface area contributed by atoms with E-state index in [0.29, 0.717) is 22.5 Å². The zero-order valence-electron chi connectivity index (χ0n) is 15.0. The van der Waals surface area contributed by atoms with Gasteiger partial charge in [0.25, 0.3) is 0 Å². The van der Waals surface area contributed by atoms with Gasteiger partial charge in [-0.3, -0.25) is 10.1 Å². The van der Waals surface area contributed by atoms with Gasteiger partial charge in [-0.15, -0.1) is 0 Å². The molecular formula is C21H14BrFN4O2. The van der Waals surface area contributed by atoms with E-state index in [1.165, 1.54) is 12.4 Å². The number of nitrogens with zero attached hydrogens (tertiary/aromatic N) is 3. The highest BCUT2D eigenvalue weighted by atomic mass is 79.9. The first-order chi connectivity index (χ1) is 14.1. The Morgan fingerprint density at radius 1 is 1.14 bits per heavy atom. The summed E-state index contributed by atoms with van der Waals surface area (Å²) < 4.78 is 20.2. The van der Waals surface area contributed by atoms with E-state index in [9.17, 15) is 9.18 Å². The van der Waals surface area contributed by atoms with Crippen LogP contribution in [0, 0.1) is 5.82 Å². The quantitative estimate of drug-likeness (QED) is 0.466. The number of benzene rings is 2. The van der Waals surface area contributed by atoms with Crippen LogP contribution in [0.5, 0.6) is 0 Å². The average Bonchev–Trinajstić information content (AvgIpc) is 3.14. The summed E-state index contributed by atoms with van der Waals surface area (Å²) in [6.07, 6.45) is 2.85. The Morgan fingerprint density at radius 2 is 2.00 bits per heavy atom. The molecular weight excluding hydrogens is 439 g/mol. The zero-order valence-corrected chi connectivity index (χ0v) is 16.6. The number of hydrogen-bond donors (Lipinski definition) is 1. The minimum atomic E-state index is -0.439.